The molecule has 2 aromatic rings. The highest BCUT2D eigenvalue weighted by atomic mass is 32.2. The summed E-state index contributed by atoms with van der Waals surface area (Å²) in [5, 5.41) is 0.576. The lowest BCUT2D eigenvalue weighted by atomic mass is 10.2. The van der Waals surface area contributed by atoms with Crippen LogP contribution in [0.1, 0.15) is 19.5 Å². The van der Waals surface area contributed by atoms with Crippen LogP contribution in [-0.2, 0) is 10.5 Å². The van der Waals surface area contributed by atoms with Gasteiger partial charge in [0, 0.05) is 36.2 Å². The maximum Gasteiger partial charge on any atom is 0.161 e. The minimum absolute atomic E-state index is 0.576. The first-order valence-electron chi connectivity index (χ1n) is 8.30. The second kappa shape index (κ2) is 7.85. The number of nitrogens with two attached hydrogens (primary N) is 1. The number of ether oxygens (including phenoxy) is 1. The normalized spacial score (nSPS) is 15.0. The highest BCUT2D eigenvalue weighted by Gasteiger charge is 2.16. The van der Waals surface area contributed by atoms with Gasteiger partial charge in [0.25, 0.3) is 0 Å². The van der Waals surface area contributed by atoms with Gasteiger partial charge in [0.1, 0.15) is 5.82 Å². The Balaban J connectivity index is 1.93. The SMILES string of the molecule is CC(C)SCc1cc(N2CCOCC2)nc(-c2ccc(N)cc2)n1. The van der Waals surface area contributed by atoms with Crippen molar-refractivity contribution in [3.63, 3.8) is 0 Å². The minimum atomic E-state index is 0.576. The molecule has 0 aliphatic carbocycles. The second-order valence-corrected chi connectivity index (χ2v) is 7.69. The molecular formula is C18H24N4OS. The van der Waals surface area contributed by atoms with Crippen molar-refractivity contribution < 1.29 is 4.74 Å². The third-order valence-electron chi connectivity index (χ3n) is 3.83. The molecule has 6 heteroatoms. The topological polar surface area (TPSA) is 64.3 Å². The van der Waals surface area contributed by atoms with E-state index in [0.29, 0.717) is 5.25 Å². The molecule has 0 radical (unpaired) electrons. The maximum atomic E-state index is 5.80. The van der Waals surface area contributed by atoms with Crippen LogP contribution in [0.15, 0.2) is 30.3 Å². The summed E-state index contributed by atoms with van der Waals surface area (Å²) >= 11 is 1.89. The molecule has 128 valence electrons. The van der Waals surface area contributed by atoms with Gasteiger partial charge in [-0.15, -0.1) is 0 Å². The van der Waals surface area contributed by atoms with Gasteiger partial charge >= 0.3 is 0 Å². The maximum absolute atomic E-state index is 5.80. The van der Waals surface area contributed by atoms with Gasteiger partial charge in [-0.05, 0) is 29.5 Å². The molecule has 0 amide bonds. The highest BCUT2D eigenvalue weighted by molar-refractivity contribution is 7.99. The Bertz CT molecular complexity index is 669. The zero-order chi connectivity index (χ0) is 16.9. The van der Waals surface area contributed by atoms with Gasteiger partial charge in [-0.3, -0.25) is 0 Å². The molecule has 1 fully saturated rings. The highest BCUT2D eigenvalue weighted by Crippen LogP contribution is 2.25. The summed E-state index contributed by atoms with van der Waals surface area (Å²) in [4.78, 5) is 11.8. The van der Waals surface area contributed by atoms with Crippen LogP contribution in [0.3, 0.4) is 0 Å². The minimum Gasteiger partial charge on any atom is -0.399 e. The number of aromatic nitrogens is 2. The molecule has 0 bridgehead atoms. The first-order chi connectivity index (χ1) is 11.6. The Morgan fingerprint density at radius 3 is 2.54 bits per heavy atom. The van der Waals surface area contributed by atoms with Crippen molar-refractivity contribution in [2.75, 3.05) is 36.9 Å². The van der Waals surface area contributed by atoms with Gasteiger partial charge in [0.05, 0.1) is 18.9 Å². The Labute approximate surface area is 147 Å². The quantitative estimate of drug-likeness (QED) is 0.840. The van der Waals surface area contributed by atoms with E-state index >= 15 is 0 Å². The summed E-state index contributed by atoms with van der Waals surface area (Å²) in [6.45, 7) is 7.64. The van der Waals surface area contributed by atoms with E-state index in [1.54, 1.807) is 0 Å². The average Bonchev–Trinajstić information content (AvgIpc) is 2.61. The monoisotopic (exact) mass is 344 g/mol. The molecule has 0 unspecified atom stereocenters. The van der Waals surface area contributed by atoms with Crippen LogP contribution in [0, 0.1) is 0 Å². The van der Waals surface area contributed by atoms with Gasteiger partial charge in [0.15, 0.2) is 5.82 Å². The summed E-state index contributed by atoms with van der Waals surface area (Å²) < 4.78 is 5.46. The van der Waals surface area contributed by atoms with Crippen LogP contribution < -0.4 is 10.6 Å². The van der Waals surface area contributed by atoms with Gasteiger partial charge in [-0.1, -0.05) is 13.8 Å². The molecule has 5 nitrogen and oxygen atoms in total. The summed E-state index contributed by atoms with van der Waals surface area (Å²) in [5.41, 5.74) is 8.61. The second-order valence-electron chi connectivity index (χ2n) is 6.12. The Kier molecular flexibility index (Phi) is 5.58. The molecule has 1 aromatic carbocycles. The molecule has 1 aliphatic rings. The first-order valence-corrected chi connectivity index (χ1v) is 9.35. The van der Waals surface area contributed by atoms with E-state index < -0.39 is 0 Å². The van der Waals surface area contributed by atoms with E-state index in [1.807, 2.05) is 36.0 Å². The van der Waals surface area contributed by atoms with Crippen LogP contribution >= 0.6 is 11.8 Å². The summed E-state index contributed by atoms with van der Waals surface area (Å²) in [7, 11) is 0. The van der Waals surface area contributed by atoms with Crippen LogP contribution in [0.4, 0.5) is 11.5 Å². The standard InChI is InChI=1S/C18H24N4OS/c1-13(2)24-12-16-11-17(22-7-9-23-10-8-22)21-18(20-16)14-3-5-15(19)6-4-14/h3-6,11,13H,7-10,12,19H2,1-2H3. The van der Waals surface area contributed by atoms with Crippen LogP contribution in [-0.4, -0.2) is 41.5 Å². The molecule has 24 heavy (non-hydrogen) atoms. The smallest absolute Gasteiger partial charge is 0.161 e. The van der Waals surface area contributed by atoms with E-state index in [2.05, 4.69) is 24.8 Å². The fourth-order valence-corrected chi connectivity index (χ4v) is 3.18. The number of nitrogens with zero attached hydrogens (tertiary/aromatic N) is 3. The van der Waals surface area contributed by atoms with Crippen molar-refractivity contribution in [1.29, 1.82) is 0 Å². The molecular weight excluding hydrogens is 320 g/mol. The van der Waals surface area contributed by atoms with Crippen molar-refractivity contribution in [3.8, 4) is 11.4 Å². The van der Waals surface area contributed by atoms with E-state index in [0.717, 1.165) is 60.6 Å². The molecule has 0 saturated carbocycles. The van der Waals surface area contributed by atoms with Crippen molar-refractivity contribution in [2.45, 2.75) is 24.9 Å². The summed E-state index contributed by atoms with van der Waals surface area (Å²) in [6, 6.07) is 9.85. The molecule has 3 rings (SSSR count). The van der Waals surface area contributed by atoms with Gasteiger partial charge in [-0.25, -0.2) is 9.97 Å². The predicted molar refractivity (Wildman–Crippen MR) is 101 cm³/mol. The van der Waals surface area contributed by atoms with E-state index in [-0.39, 0.29) is 0 Å². The lowest BCUT2D eigenvalue weighted by Crippen LogP contribution is -2.37. The predicted octanol–water partition coefficient (Wildman–Crippen LogP) is 3.20. The van der Waals surface area contributed by atoms with E-state index in [4.69, 9.17) is 20.4 Å². The molecule has 2 heterocycles. The van der Waals surface area contributed by atoms with Crippen molar-refractivity contribution in [2.24, 2.45) is 0 Å². The summed E-state index contributed by atoms with van der Waals surface area (Å²) in [5.74, 6) is 2.64. The van der Waals surface area contributed by atoms with Crippen LogP contribution in [0.25, 0.3) is 11.4 Å². The lowest BCUT2D eigenvalue weighted by Gasteiger charge is -2.28. The Morgan fingerprint density at radius 2 is 1.88 bits per heavy atom. The number of hydrogen-bond acceptors (Lipinski definition) is 6. The number of thioether (sulfide) groups is 1. The Morgan fingerprint density at radius 1 is 1.17 bits per heavy atom. The molecule has 1 aromatic heterocycles. The van der Waals surface area contributed by atoms with Crippen LogP contribution in [0.5, 0.6) is 0 Å². The molecule has 1 aliphatic heterocycles. The van der Waals surface area contributed by atoms with E-state index in [1.165, 1.54) is 0 Å². The molecule has 0 spiro atoms. The number of rotatable bonds is 5. The van der Waals surface area contributed by atoms with Crippen molar-refractivity contribution >= 4 is 23.3 Å². The number of hydrogen-bond donors (Lipinski definition) is 1. The first kappa shape index (κ1) is 17.0. The van der Waals surface area contributed by atoms with Gasteiger partial charge < -0.3 is 15.4 Å². The largest absolute Gasteiger partial charge is 0.399 e. The fourth-order valence-electron chi connectivity index (χ4n) is 2.52. The number of benzene rings is 1. The third-order valence-corrected chi connectivity index (χ3v) is 4.96. The fraction of sp³-hybridized carbons (Fsp3) is 0.444. The summed E-state index contributed by atoms with van der Waals surface area (Å²) in [6.07, 6.45) is 0. The van der Waals surface area contributed by atoms with E-state index in [9.17, 15) is 0 Å². The average molecular weight is 344 g/mol. The van der Waals surface area contributed by atoms with Crippen LogP contribution in [0.2, 0.25) is 0 Å². The molecule has 2 N–H and O–H groups in total. The van der Waals surface area contributed by atoms with Crippen molar-refractivity contribution in [3.05, 3.63) is 36.0 Å². The molecule has 0 atom stereocenters. The Hall–Kier alpha value is -1.79. The number of anilines is 2. The number of nitrogen functional groups attached to an aromatic ring is 1. The lowest BCUT2D eigenvalue weighted by molar-refractivity contribution is 0.122. The van der Waals surface area contributed by atoms with Crippen molar-refractivity contribution in [1.82, 2.24) is 9.97 Å². The third kappa shape index (κ3) is 4.39. The zero-order valence-electron chi connectivity index (χ0n) is 14.2. The van der Waals surface area contributed by atoms with Gasteiger partial charge in [0.2, 0.25) is 0 Å². The number of morpholine rings is 1. The zero-order valence-corrected chi connectivity index (χ0v) is 15.1. The van der Waals surface area contributed by atoms with Gasteiger partial charge in [-0.2, -0.15) is 11.8 Å². The molecule has 1 saturated heterocycles.